The van der Waals surface area contributed by atoms with Gasteiger partial charge in [0.15, 0.2) is 0 Å². The third-order valence-electron chi connectivity index (χ3n) is 4.51. The minimum atomic E-state index is -0.192. The summed E-state index contributed by atoms with van der Waals surface area (Å²) in [7, 11) is 0. The van der Waals surface area contributed by atoms with Crippen molar-refractivity contribution < 1.29 is 14.4 Å². The molecule has 0 saturated carbocycles. The lowest BCUT2D eigenvalue weighted by molar-refractivity contribution is -0.142. The van der Waals surface area contributed by atoms with Crippen molar-refractivity contribution in [3.8, 4) is 0 Å². The summed E-state index contributed by atoms with van der Waals surface area (Å²) in [5.41, 5.74) is 0. The SMILES string of the molecule is CC(=O)NCC(=O)N1CCC[C@@H]2[C@H]1CCCCN2C(C)=O. The monoisotopic (exact) mass is 295 g/mol. The van der Waals surface area contributed by atoms with Gasteiger partial charge in [-0.3, -0.25) is 14.4 Å². The summed E-state index contributed by atoms with van der Waals surface area (Å²) in [4.78, 5) is 39.0. The van der Waals surface area contributed by atoms with Gasteiger partial charge in [-0.25, -0.2) is 0 Å². The van der Waals surface area contributed by atoms with Crippen LogP contribution < -0.4 is 5.32 Å². The minimum absolute atomic E-state index is 0.0368. The van der Waals surface area contributed by atoms with Crippen molar-refractivity contribution in [3.05, 3.63) is 0 Å². The van der Waals surface area contributed by atoms with Crippen LogP contribution in [0.5, 0.6) is 0 Å². The number of carbonyl (C=O) groups excluding carboxylic acids is 3. The van der Waals surface area contributed by atoms with Crippen LogP contribution in [0, 0.1) is 0 Å². The average Bonchev–Trinajstić information content (AvgIpc) is 2.66. The zero-order valence-corrected chi connectivity index (χ0v) is 12.9. The average molecular weight is 295 g/mol. The van der Waals surface area contributed by atoms with E-state index in [0.29, 0.717) is 0 Å². The zero-order chi connectivity index (χ0) is 15.4. The highest BCUT2D eigenvalue weighted by molar-refractivity contribution is 5.84. The minimum Gasteiger partial charge on any atom is -0.347 e. The largest absolute Gasteiger partial charge is 0.347 e. The van der Waals surface area contributed by atoms with E-state index in [9.17, 15) is 14.4 Å². The molecule has 0 unspecified atom stereocenters. The molecule has 6 heteroatoms. The Kier molecular flexibility index (Phi) is 5.20. The Bertz CT molecular complexity index is 424. The van der Waals surface area contributed by atoms with Gasteiger partial charge in [0.25, 0.3) is 0 Å². The zero-order valence-electron chi connectivity index (χ0n) is 12.9. The number of amides is 3. The van der Waals surface area contributed by atoms with Crippen LogP contribution in [0.3, 0.4) is 0 Å². The topological polar surface area (TPSA) is 69.7 Å². The molecule has 0 radical (unpaired) electrons. The quantitative estimate of drug-likeness (QED) is 0.807. The molecule has 2 saturated heterocycles. The molecule has 2 fully saturated rings. The van der Waals surface area contributed by atoms with E-state index >= 15 is 0 Å². The summed E-state index contributed by atoms with van der Waals surface area (Å²) in [5, 5.41) is 2.58. The predicted octanol–water partition coefficient (Wildman–Crippen LogP) is 0.514. The van der Waals surface area contributed by atoms with Crippen molar-refractivity contribution >= 4 is 17.7 Å². The molecule has 1 N–H and O–H groups in total. The van der Waals surface area contributed by atoms with E-state index < -0.39 is 0 Å². The summed E-state index contributed by atoms with van der Waals surface area (Å²) in [6, 6.07) is 0.242. The number of hydrogen-bond donors (Lipinski definition) is 1. The van der Waals surface area contributed by atoms with Crippen LogP contribution in [0.15, 0.2) is 0 Å². The molecule has 0 aromatic rings. The molecule has 2 aliphatic rings. The first-order chi connectivity index (χ1) is 10.0. The molecule has 0 spiro atoms. The summed E-state index contributed by atoms with van der Waals surface area (Å²) in [6.45, 7) is 4.60. The van der Waals surface area contributed by atoms with E-state index in [1.54, 1.807) is 6.92 Å². The summed E-state index contributed by atoms with van der Waals surface area (Å²) < 4.78 is 0. The highest BCUT2D eigenvalue weighted by Gasteiger charge is 2.39. The van der Waals surface area contributed by atoms with Gasteiger partial charge in [0.1, 0.15) is 0 Å². The van der Waals surface area contributed by atoms with E-state index in [-0.39, 0.29) is 36.3 Å². The van der Waals surface area contributed by atoms with Gasteiger partial charge in [-0.15, -0.1) is 0 Å². The predicted molar refractivity (Wildman–Crippen MR) is 78.4 cm³/mol. The number of nitrogens with zero attached hydrogens (tertiary/aromatic N) is 2. The molecular weight excluding hydrogens is 270 g/mol. The molecule has 6 nitrogen and oxygen atoms in total. The van der Waals surface area contributed by atoms with Gasteiger partial charge in [-0.1, -0.05) is 0 Å². The van der Waals surface area contributed by atoms with Crippen molar-refractivity contribution in [2.24, 2.45) is 0 Å². The normalized spacial score (nSPS) is 25.8. The van der Waals surface area contributed by atoms with Crippen molar-refractivity contribution in [1.29, 1.82) is 0 Å². The van der Waals surface area contributed by atoms with Crippen LogP contribution in [0.1, 0.15) is 46.0 Å². The van der Waals surface area contributed by atoms with E-state index in [1.807, 2.05) is 9.80 Å². The number of nitrogens with one attached hydrogen (secondary N) is 1. The second-order valence-electron chi connectivity index (χ2n) is 5.98. The van der Waals surface area contributed by atoms with Crippen molar-refractivity contribution in [2.75, 3.05) is 19.6 Å². The van der Waals surface area contributed by atoms with Crippen molar-refractivity contribution in [2.45, 2.75) is 58.0 Å². The third kappa shape index (κ3) is 3.74. The lowest BCUT2D eigenvalue weighted by atomic mass is 9.92. The van der Waals surface area contributed by atoms with Crippen molar-refractivity contribution in [1.82, 2.24) is 15.1 Å². The Morgan fingerprint density at radius 3 is 2.24 bits per heavy atom. The Morgan fingerprint density at radius 1 is 0.952 bits per heavy atom. The van der Waals surface area contributed by atoms with E-state index in [1.165, 1.54) is 6.92 Å². The Balaban J connectivity index is 2.10. The molecular formula is C15H25N3O3. The molecule has 0 aromatic carbocycles. The van der Waals surface area contributed by atoms with Gasteiger partial charge < -0.3 is 15.1 Å². The molecule has 2 heterocycles. The van der Waals surface area contributed by atoms with Gasteiger partial charge in [0.05, 0.1) is 18.6 Å². The number of hydrogen-bond acceptors (Lipinski definition) is 3. The summed E-state index contributed by atoms with van der Waals surface area (Å²) >= 11 is 0. The Labute approximate surface area is 125 Å². The fourth-order valence-electron chi connectivity index (χ4n) is 3.55. The van der Waals surface area contributed by atoms with Gasteiger partial charge in [-0.2, -0.15) is 0 Å². The number of fused-ring (bicyclic) bond motifs is 1. The molecule has 2 atom stereocenters. The highest BCUT2D eigenvalue weighted by atomic mass is 16.2. The maximum Gasteiger partial charge on any atom is 0.242 e. The second kappa shape index (κ2) is 6.91. The molecule has 2 rings (SSSR count). The van der Waals surface area contributed by atoms with Crippen LogP contribution >= 0.6 is 0 Å². The molecule has 2 aliphatic heterocycles. The number of piperidine rings is 1. The number of rotatable bonds is 2. The van der Waals surface area contributed by atoms with Crippen LogP contribution in [0.4, 0.5) is 0 Å². The van der Waals surface area contributed by atoms with Gasteiger partial charge in [-0.05, 0) is 32.1 Å². The maximum atomic E-state index is 12.4. The fraction of sp³-hybridized carbons (Fsp3) is 0.800. The van der Waals surface area contributed by atoms with Crippen molar-refractivity contribution in [3.63, 3.8) is 0 Å². The Morgan fingerprint density at radius 2 is 1.57 bits per heavy atom. The highest BCUT2D eigenvalue weighted by Crippen LogP contribution is 2.29. The lowest BCUT2D eigenvalue weighted by Crippen LogP contribution is -2.58. The molecule has 0 aliphatic carbocycles. The summed E-state index contributed by atoms with van der Waals surface area (Å²) in [6.07, 6.45) is 4.86. The smallest absolute Gasteiger partial charge is 0.242 e. The molecule has 21 heavy (non-hydrogen) atoms. The van der Waals surface area contributed by atoms with Crippen LogP contribution in [0.25, 0.3) is 0 Å². The first-order valence-electron chi connectivity index (χ1n) is 7.82. The fourth-order valence-corrected chi connectivity index (χ4v) is 3.55. The van der Waals surface area contributed by atoms with Gasteiger partial charge in [0, 0.05) is 26.9 Å². The molecule has 0 aromatic heterocycles. The first kappa shape index (κ1) is 15.8. The van der Waals surface area contributed by atoms with Gasteiger partial charge >= 0.3 is 0 Å². The standard InChI is InChI=1S/C15H25N3O3/c1-11(19)16-10-15(21)18-9-5-7-13-14(18)6-3-4-8-17(13)12(2)20/h13-14H,3-10H2,1-2H3,(H,16,19)/t13-,14-/m1/s1. The van der Waals surface area contributed by atoms with E-state index in [4.69, 9.17) is 0 Å². The van der Waals surface area contributed by atoms with E-state index in [0.717, 1.165) is 45.2 Å². The molecule has 118 valence electrons. The van der Waals surface area contributed by atoms with E-state index in [2.05, 4.69) is 5.32 Å². The molecule has 0 bridgehead atoms. The third-order valence-corrected chi connectivity index (χ3v) is 4.51. The first-order valence-corrected chi connectivity index (χ1v) is 7.82. The van der Waals surface area contributed by atoms with Gasteiger partial charge in [0.2, 0.25) is 17.7 Å². The lowest BCUT2D eigenvalue weighted by Gasteiger charge is -2.44. The Hall–Kier alpha value is -1.59. The van der Waals surface area contributed by atoms with Crippen LogP contribution in [-0.2, 0) is 14.4 Å². The van der Waals surface area contributed by atoms with Crippen LogP contribution in [0.2, 0.25) is 0 Å². The van der Waals surface area contributed by atoms with Crippen LogP contribution in [-0.4, -0.2) is 59.2 Å². The second-order valence-corrected chi connectivity index (χ2v) is 5.98. The number of likely N-dealkylation sites (tertiary alicyclic amines) is 2. The summed E-state index contributed by atoms with van der Waals surface area (Å²) in [5.74, 6) is -0.128. The molecule has 3 amide bonds. The maximum absolute atomic E-state index is 12.4. The number of carbonyl (C=O) groups is 3.